The van der Waals surface area contributed by atoms with Crippen molar-refractivity contribution in [1.29, 1.82) is 0 Å². The van der Waals surface area contributed by atoms with Gasteiger partial charge in [-0.2, -0.15) is 4.98 Å². The van der Waals surface area contributed by atoms with E-state index in [1.54, 1.807) is 13.8 Å². The first kappa shape index (κ1) is 10.0. The number of nitrogens with zero attached hydrogens (tertiary/aromatic N) is 1. The van der Waals surface area contributed by atoms with Crippen LogP contribution in [0.15, 0.2) is 10.7 Å². The molecule has 0 aliphatic carbocycles. The van der Waals surface area contributed by atoms with Crippen LogP contribution in [0.4, 0.5) is 5.82 Å². The van der Waals surface area contributed by atoms with Gasteiger partial charge in [0.2, 0.25) is 5.89 Å². The third-order valence-electron chi connectivity index (χ3n) is 1.61. The highest BCUT2D eigenvalue weighted by Crippen LogP contribution is 2.11. The second-order valence-corrected chi connectivity index (χ2v) is 5.58. The maximum absolute atomic E-state index is 11.4. The number of oxazole rings is 1. The van der Waals surface area contributed by atoms with Crippen molar-refractivity contribution >= 4 is 15.7 Å². The monoisotopic (exact) mass is 204 g/mol. The molecule has 1 rings (SSSR count). The van der Waals surface area contributed by atoms with Crippen molar-refractivity contribution in [3.63, 3.8) is 0 Å². The lowest BCUT2D eigenvalue weighted by atomic mass is 10.6. The van der Waals surface area contributed by atoms with Crippen molar-refractivity contribution < 1.29 is 12.8 Å². The Kier molecular flexibility index (Phi) is 2.60. The van der Waals surface area contributed by atoms with Crippen LogP contribution in [-0.2, 0) is 15.6 Å². The zero-order chi connectivity index (χ0) is 10.1. The Labute approximate surface area is 76.9 Å². The van der Waals surface area contributed by atoms with Gasteiger partial charge >= 0.3 is 0 Å². The Morgan fingerprint density at radius 2 is 2.23 bits per heavy atom. The summed E-state index contributed by atoms with van der Waals surface area (Å²) >= 11 is 0. The van der Waals surface area contributed by atoms with Gasteiger partial charge in [-0.3, -0.25) is 0 Å². The number of aromatic nitrogens is 1. The van der Waals surface area contributed by atoms with Crippen molar-refractivity contribution in [2.24, 2.45) is 0 Å². The summed E-state index contributed by atoms with van der Waals surface area (Å²) in [5.74, 6) is 0.155. The zero-order valence-corrected chi connectivity index (χ0v) is 8.34. The largest absolute Gasteiger partial charge is 0.446 e. The molecule has 13 heavy (non-hydrogen) atoms. The number of sulfone groups is 1. The number of hydrogen-bond donors (Lipinski definition) is 1. The molecule has 0 saturated heterocycles. The molecule has 2 N–H and O–H groups in total. The van der Waals surface area contributed by atoms with E-state index in [1.165, 1.54) is 6.26 Å². The fourth-order valence-electron chi connectivity index (χ4n) is 0.730. The summed E-state index contributed by atoms with van der Waals surface area (Å²) in [6.07, 6.45) is 1.23. The van der Waals surface area contributed by atoms with E-state index in [0.717, 1.165) is 0 Å². The SMILES string of the molecule is CC(C)S(=O)(=O)Cc1nc(N)co1. The van der Waals surface area contributed by atoms with E-state index >= 15 is 0 Å². The lowest BCUT2D eigenvalue weighted by molar-refractivity contribution is 0.506. The Hall–Kier alpha value is -1.04. The second kappa shape index (κ2) is 3.37. The van der Waals surface area contributed by atoms with Gasteiger partial charge in [0.05, 0.1) is 5.25 Å². The lowest BCUT2D eigenvalue weighted by Gasteiger charge is -2.03. The number of nitrogen functional groups attached to an aromatic ring is 1. The highest BCUT2D eigenvalue weighted by atomic mass is 32.2. The smallest absolute Gasteiger partial charge is 0.211 e. The summed E-state index contributed by atoms with van der Waals surface area (Å²) < 4.78 is 27.6. The van der Waals surface area contributed by atoms with Crippen molar-refractivity contribution in [1.82, 2.24) is 4.98 Å². The summed E-state index contributed by atoms with van der Waals surface area (Å²) in [7, 11) is -3.15. The van der Waals surface area contributed by atoms with Crippen LogP contribution >= 0.6 is 0 Å². The Balaban J connectivity index is 2.81. The van der Waals surface area contributed by atoms with Gasteiger partial charge in [0.25, 0.3) is 0 Å². The molecule has 5 nitrogen and oxygen atoms in total. The summed E-state index contributed by atoms with van der Waals surface area (Å²) in [6.45, 7) is 3.23. The third-order valence-corrected chi connectivity index (χ3v) is 3.70. The first-order valence-corrected chi connectivity index (χ1v) is 5.55. The van der Waals surface area contributed by atoms with Crippen molar-refractivity contribution in [2.75, 3.05) is 5.73 Å². The number of nitrogens with two attached hydrogens (primary N) is 1. The molecule has 0 radical (unpaired) electrons. The predicted octanol–water partition coefficient (Wildman–Crippen LogP) is 0.580. The molecule has 0 bridgehead atoms. The molecule has 6 heteroatoms. The molecular weight excluding hydrogens is 192 g/mol. The average molecular weight is 204 g/mol. The van der Waals surface area contributed by atoms with Gasteiger partial charge in [-0.1, -0.05) is 0 Å². The van der Waals surface area contributed by atoms with Gasteiger partial charge in [0, 0.05) is 0 Å². The standard InChI is InChI=1S/C7H12N2O3S/c1-5(2)13(10,11)4-7-9-6(8)3-12-7/h3,5H,4,8H2,1-2H3. The van der Waals surface area contributed by atoms with E-state index in [0.29, 0.717) is 0 Å². The molecule has 0 unspecified atom stereocenters. The maximum Gasteiger partial charge on any atom is 0.211 e. The molecule has 0 spiro atoms. The van der Waals surface area contributed by atoms with Crippen LogP contribution < -0.4 is 5.73 Å². The fraction of sp³-hybridized carbons (Fsp3) is 0.571. The molecule has 1 aromatic rings. The van der Waals surface area contributed by atoms with Crippen molar-refractivity contribution in [3.8, 4) is 0 Å². The van der Waals surface area contributed by atoms with Gasteiger partial charge in [0.15, 0.2) is 15.7 Å². The minimum absolute atomic E-state index is 0.145. The Bertz CT molecular complexity index is 380. The van der Waals surface area contributed by atoms with E-state index in [-0.39, 0.29) is 17.5 Å². The van der Waals surface area contributed by atoms with Crippen LogP contribution in [0, 0.1) is 0 Å². The molecule has 0 aliphatic rings. The normalized spacial score (nSPS) is 12.2. The van der Waals surface area contributed by atoms with Crippen LogP contribution in [-0.4, -0.2) is 18.7 Å². The van der Waals surface area contributed by atoms with Crippen molar-refractivity contribution in [2.45, 2.75) is 24.9 Å². The molecule has 0 saturated carbocycles. The molecule has 1 heterocycles. The first-order valence-electron chi connectivity index (χ1n) is 3.83. The van der Waals surface area contributed by atoms with Crippen LogP contribution in [0.1, 0.15) is 19.7 Å². The summed E-state index contributed by atoms with van der Waals surface area (Å²) in [4.78, 5) is 3.71. The van der Waals surface area contributed by atoms with Gasteiger partial charge in [-0.25, -0.2) is 8.42 Å². The van der Waals surface area contributed by atoms with Gasteiger partial charge < -0.3 is 10.2 Å². The van der Waals surface area contributed by atoms with Crippen LogP contribution in [0.3, 0.4) is 0 Å². The van der Waals surface area contributed by atoms with E-state index in [9.17, 15) is 8.42 Å². The number of anilines is 1. The Morgan fingerprint density at radius 3 is 2.62 bits per heavy atom. The van der Waals surface area contributed by atoms with Gasteiger partial charge in [-0.05, 0) is 13.8 Å². The molecule has 1 aromatic heterocycles. The Morgan fingerprint density at radius 1 is 1.62 bits per heavy atom. The second-order valence-electron chi connectivity index (χ2n) is 3.02. The number of rotatable bonds is 3. The molecule has 0 amide bonds. The van der Waals surface area contributed by atoms with Gasteiger partial charge in [0.1, 0.15) is 12.0 Å². The third kappa shape index (κ3) is 2.45. The average Bonchev–Trinajstić information content (AvgIpc) is 2.34. The quantitative estimate of drug-likeness (QED) is 0.778. The van der Waals surface area contributed by atoms with Crippen LogP contribution in [0.25, 0.3) is 0 Å². The molecule has 0 atom stereocenters. The summed E-state index contributed by atoms with van der Waals surface area (Å²) in [5, 5.41) is -0.430. The zero-order valence-electron chi connectivity index (χ0n) is 7.52. The predicted molar refractivity (Wildman–Crippen MR) is 48.7 cm³/mol. The van der Waals surface area contributed by atoms with Crippen LogP contribution in [0.2, 0.25) is 0 Å². The van der Waals surface area contributed by atoms with Crippen molar-refractivity contribution in [3.05, 3.63) is 12.2 Å². The molecule has 0 fully saturated rings. The van der Waals surface area contributed by atoms with E-state index < -0.39 is 15.1 Å². The van der Waals surface area contributed by atoms with Gasteiger partial charge in [-0.15, -0.1) is 0 Å². The summed E-state index contributed by atoms with van der Waals surface area (Å²) in [5.41, 5.74) is 5.27. The fourth-order valence-corrected chi connectivity index (χ4v) is 1.54. The highest BCUT2D eigenvalue weighted by Gasteiger charge is 2.19. The minimum Gasteiger partial charge on any atom is -0.446 e. The minimum atomic E-state index is -3.15. The summed E-state index contributed by atoms with van der Waals surface area (Å²) in [6, 6.07) is 0. The highest BCUT2D eigenvalue weighted by molar-refractivity contribution is 7.91. The molecule has 0 aromatic carbocycles. The molecule has 74 valence electrons. The van der Waals surface area contributed by atoms with Crippen LogP contribution in [0.5, 0.6) is 0 Å². The first-order chi connectivity index (χ1) is 5.92. The topological polar surface area (TPSA) is 86.2 Å². The van der Waals surface area contributed by atoms with E-state index in [2.05, 4.69) is 4.98 Å². The molecular formula is C7H12N2O3S. The molecule has 0 aliphatic heterocycles. The number of hydrogen-bond acceptors (Lipinski definition) is 5. The van der Waals surface area contributed by atoms with E-state index in [1.807, 2.05) is 0 Å². The lowest BCUT2D eigenvalue weighted by Crippen LogP contribution is -2.16. The maximum atomic E-state index is 11.4. The van der Waals surface area contributed by atoms with E-state index in [4.69, 9.17) is 10.2 Å².